The average Bonchev–Trinajstić information content (AvgIpc) is 2.60. The molecule has 20 heavy (non-hydrogen) atoms. The number of nitrogens with zero attached hydrogens (tertiary/aromatic N) is 1. The first-order chi connectivity index (χ1) is 9.28. The van der Waals surface area contributed by atoms with E-state index in [0.29, 0.717) is 0 Å². The van der Waals surface area contributed by atoms with E-state index in [2.05, 4.69) is 0 Å². The molecular weight excluding hydrogens is 275 g/mol. The van der Waals surface area contributed by atoms with E-state index in [1.807, 2.05) is 4.98 Å². The van der Waals surface area contributed by atoms with E-state index in [0.717, 1.165) is 23.8 Å². The van der Waals surface area contributed by atoms with Crippen LogP contribution in [0.4, 0.5) is 4.39 Å². The van der Waals surface area contributed by atoms with Gasteiger partial charge in [0.25, 0.3) is 5.56 Å². The van der Waals surface area contributed by atoms with Crippen LogP contribution in [0.25, 0.3) is 0 Å². The van der Waals surface area contributed by atoms with Crippen molar-refractivity contribution >= 4 is 0 Å². The van der Waals surface area contributed by atoms with Crippen molar-refractivity contribution in [1.29, 1.82) is 0 Å². The number of aromatic amines is 1. The van der Waals surface area contributed by atoms with Crippen molar-refractivity contribution in [3.8, 4) is 0 Å². The lowest BCUT2D eigenvalue weighted by atomic mass is 9.88. The summed E-state index contributed by atoms with van der Waals surface area (Å²) in [6, 6.07) is 1.02. The largest absolute Gasteiger partial charge is 0.393 e. The van der Waals surface area contributed by atoms with Crippen molar-refractivity contribution < 1.29 is 24.4 Å². The van der Waals surface area contributed by atoms with Crippen LogP contribution in [0.5, 0.6) is 0 Å². The van der Waals surface area contributed by atoms with Gasteiger partial charge in [-0.05, 0) is 6.92 Å². The molecule has 1 saturated heterocycles. The number of hydrogen-bond acceptors (Lipinski definition) is 6. The first-order valence-corrected chi connectivity index (χ1v) is 5.85. The maximum Gasteiger partial charge on any atom is 0.330 e. The first kappa shape index (κ1) is 14.9. The Morgan fingerprint density at radius 1 is 1.55 bits per heavy atom. The normalized spacial score (nSPS) is 37.2. The average molecular weight is 290 g/mol. The molecule has 1 aromatic rings. The summed E-state index contributed by atoms with van der Waals surface area (Å²) in [5.74, 6) is 0. The van der Waals surface area contributed by atoms with Crippen LogP contribution in [0, 0.1) is 0 Å². The minimum Gasteiger partial charge on any atom is -0.393 e. The summed E-state index contributed by atoms with van der Waals surface area (Å²) < 4.78 is 19.1. The third-order valence-electron chi connectivity index (χ3n) is 3.50. The molecule has 112 valence electrons. The fraction of sp³-hybridized carbons (Fsp3) is 0.636. The Morgan fingerprint density at radius 2 is 2.20 bits per heavy atom. The fourth-order valence-electron chi connectivity index (χ4n) is 2.29. The Labute approximate surface area is 112 Å². The lowest BCUT2D eigenvalue weighted by molar-refractivity contribution is -0.140. The molecule has 0 spiro atoms. The van der Waals surface area contributed by atoms with Crippen molar-refractivity contribution in [2.24, 2.45) is 0 Å². The van der Waals surface area contributed by atoms with E-state index in [9.17, 15) is 29.3 Å². The lowest BCUT2D eigenvalue weighted by Crippen LogP contribution is -2.53. The molecule has 0 saturated carbocycles. The molecule has 0 bridgehead atoms. The van der Waals surface area contributed by atoms with Gasteiger partial charge in [0.15, 0.2) is 11.8 Å². The van der Waals surface area contributed by atoms with Gasteiger partial charge in [-0.2, -0.15) is 0 Å². The number of aromatic nitrogens is 2. The Kier molecular flexibility index (Phi) is 3.54. The molecule has 1 aromatic heterocycles. The summed E-state index contributed by atoms with van der Waals surface area (Å²) in [6.45, 7) is -0.988. The molecule has 4 atom stereocenters. The molecule has 0 radical (unpaired) electrons. The Morgan fingerprint density at radius 3 is 2.65 bits per heavy atom. The Bertz CT molecular complexity index is 605. The van der Waals surface area contributed by atoms with Gasteiger partial charge >= 0.3 is 5.69 Å². The summed E-state index contributed by atoms with van der Waals surface area (Å²) in [5, 5.41) is 29.5. The van der Waals surface area contributed by atoms with Gasteiger partial charge in [0.2, 0.25) is 0 Å². The van der Waals surface area contributed by atoms with Gasteiger partial charge in [0.1, 0.15) is 18.4 Å². The maximum absolute atomic E-state index is 13.1. The van der Waals surface area contributed by atoms with E-state index in [4.69, 9.17) is 4.74 Å². The molecule has 1 unspecified atom stereocenters. The number of halogens is 1. The highest BCUT2D eigenvalue weighted by Crippen LogP contribution is 2.43. The summed E-state index contributed by atoms with van der Waals surface area (Å²) in [4.78, 5) is 24.6. The number of H-pyrrole nitrogens is 1. The van der Waals surface area contributed by atoms with Crippen LogP contribution in [0.3, 0.4) is 0 Å². The highest BCUT2D eigenvalue weighted by Gasteiger charge is 2.61. The number of nitrogens with one attached hydrogen (secondary N) is 1. The smallest absolute Gasteiger partial charge is 0.330 e. The predicted molar refractivity (Wildman–Crippen MR) is 63.9 cm³/mol. The topological polar surface area (TPSA) is 125 Å². The number of rotatable bonds is 3. The molecule has 1 fully saturated rings. The third kappa shape index (κ3) is 1.99. The quantitative estimate of drug-likeness (QED) is 0.504. The van der Waals surface area contributed by atoms with Crippen LogP contribution in [-0.4, -0.2) is 55.5 Å². The van der Waals surface area contributed by atoms with E-state index >= 15 is 0 Å². The van der Waals surface area contributed by atoms with Crippen molar-refractivity contribution in [1.82, 2.24) is 9.55 Å². The summed E-state index contributed by atoms with van der Waals surface area (Å²) in [5.41, 5.74) is -5.59. The molecule has 2 heterocycles. The molecule has 8 nitrogen and oxygen atoms in total. The molecule has 0 amide bonds. The minimum atomic E-state index is -2.03. The molecule has 0 aliphatic carbocycles. The van der Waals surface area contributed by atoms with Gasteiger partial charge < -0.3 is 20.1 Å². The van der Waals surface area contributed by atoms with Crippen molar-refractivity contribution in [3.05, 3.63) is 33.1 Å². The predicted octanol–water partition coefficient (Wildman–Crippen LogP) is -2.12. The van der Waals surface area contributed by atoms with Gasteiger partial charge in [-0.1, -0.05) is 0 Å². The summed E-state index contributed by atoms with van der Waals surface area (Å²) in [6.07, 6.45) is -2.16. The van der Waals surface area contributed by atoms with Gasteiger partial charge in [-0.15, -0.1) is 0 Å². The van der Waals surface area contributed by atoms with Gasteiger partial charge in [-0.25, -0.2) is 9.18 Å². The SMILES string of the molecule is C[C@]1(O)C(n2ccc(=O)[nH]c2=O)O[C@@](CO)(CF)[C@H]1O. The van der Waals surface area contributed by atoms with Crippen molar-refractivity contribution in [3.63, 3.8) is 0 Å². The zero-order valence-corrected chi connectivity index (χ0v) is 10.6. The molecule has 9 heteroatoms. The number of ether oxygens (including phenoxy) is 1. The second-order valence-electron chi connectivity index (χ2n) is 4.97. The van der Waals surface area contributed by atoms with Gasteiger partial charge in [-0.3, -0.25) is 14.3 Å². The second kappa shape index (κ2) is 4.77. The van der Waals surface area contributed by atoms with Crippen molar-refractivity contribution in [2.75, 3.05) is 13.3 Å². The van der Waals surface area contributed by atoms with Crippen LogP contribution < -0.4 is 11.2 Å². The first-order valence-electron chi connectivity index (χ1n) is 5.85. The second-order valence-corrected chi connectivity index (χ2v) is 4.97. The molecular formula is C11H15FN2O6. The van der Waals surface area contributed by atoms with Crippen LogP contribution in [0.15, 0.2) is 21.9 Å². The van der Waals surface area contributed by atoms with Crippen LogP contribution in [0.2, 0.25) is 0 Å². The van der Waals surface area contributed by atoms with E-state index < -0.39 is 48.1 Å². The number of alkyl halides is 1. The van der Waals surface area contributed by atoms with Crippen molar-refractivity contribution in [2.45, 2.75) is 30.5 Å². The molecule has 4 N–H and O–H groups in total. The summed E-state index contributed by atoms with van der Waals surface area (Å²) in [7, 11) is 0. The van der Waals surface area contributed by atoms with Crippen LogP contribution >= 0.6 is 0 Å². The molecule has 1 aliphatic heterocycles. The van der Waals surface area contributed by atoms with E-state index in [1.54, 1.807) is 0 Å². The zero-order chi connectivity index (χ0) is 15.1. The standard InChI is InChI=1S/C11H15FN2O6/c1-10(19)7(17)11(4-12,5-15)20-8(10)14-3-2-6(16)13-9(14)18/h2-3,7-8,15,17,19H,4-5H2,1H3,(H,13,16,18)/t7-,8?,10+,11+/m0/s1. The van der Waals surface area contributed by atoms with Crippen LogP contribution in [-0.2, 0) is 4.74 Å². The third-order valence-corrected chi connectivity index (χ3v) is 3.50. The summed E-state index contributed by atoms with van der Waals surface area (Å²) >= 11 is 0. The monoisotopic (exact) mass is 290 g/mol. The highest BCUT2D eigenvalue weighted by molar-refractivity contribution is 5.08. The van der Waals surface area contributed by atoms with E-state index in [1.165, 1.54) is 0 Å². The number of aliphatic hydroxyl groups excluding tert-OH is 2. The Hall–Kier alpha value is -1.55. The lowest BCUT2D eigenvalue weighted by Gasteiger charge is -2.29. The maximum atomic E-state index is 13.1. The highest BCUT2D eigenvalue weighted by atomic mass is 19.1. The van der Waals surface area contributed by atoms with Gasteiger partial charge in [0, 0.05) is 12.3 Å². The Balaban J connectivity index is 2.52. The molecule has 0 aromatic carbocycles. The number of hydrogen-bond donors (Lipinski definition) is 4. The molecule has 2 rings (SSSR count). The zero-order valence-electron chi connectivity index (χ0n) is 10.6. The fourth-order valence-corrected chi connectivity index (χ4v) is 2.29. The van der Waals surface area contributed by atoms with E-state index in [-0.39, 0.29) is 0 Å². The molecule has 1 aliphatic rings. The van der Waals surface area contributed by atoms with Gasteiger partial charge in [0.05, 0.1) is 6.61 Å². The van der Waals surface area contributed by atoms with Crippen LogP contribution in [0.1, 0.15) is 13.2 Å². The minimum absolute atomic E-state index is 0.650. The number of aliphatic hydroxyl groups is 3.